The van der Waals surface area contributed by atoms with Crippen LogP contribution in [0.15, 0.2) is 33.2 Å². The Balaban J connectivity index is 1.96. The molecule has 0 bridgehead atoms. The summed E-state index contributed by atoms with van der Waals surface area (Å²) in [5.41, 5.74) is 0.578. The molecule has 0 aliphatic rings. The van der Waals surface area contributed by atoms with E-state index in [0.717, 1.165) is 15.0 Å². The van der Waals surface area contributed by atoms with Gasteiger partial charge in [-0.25, -0.2) is 9.78 Å². The largest absolute Gasteiger partial charge is 0.346 e. The first kappa shape index (κ1) is 16.1. The Morgan fingerprint density at radius 1 is 1.21 bits per heavy atom. The van der Waals surface area contributed by atoms with Gasteiger partial charge >= 0.3 is 5.69 Å². The summed E-state index contributed by atoms with van der Waals surface area (Å²) in [6, 6.07) is 5.01. The first-order chi connectivity index (χ1) is 11.4. The van der Waals surface area contributed by atoms with E-state index in [1.165, 1.54) is 30.8 Å². The number of hydrogen-bond donors (Lipinski definition) is 1. The Bertz CT molecular complexity index is 1060. The second-order valence-corrected chi connectivity index (χ2v) is 6.48. The highest BCUT2D eigenvalue weighted by Crippen LogP contribution is 2.15. The molecule has 3 rings (SSSR count). The average molecular weight is 344 g/mol. The van der Waals surface area contributed by atoms with Crippen LogP contribution in [0.4, 0.5) is 0 Å². The molecule has 3 aromatic heterocycles. The first-order valence-electron chi connectivity index (χ1n) is 7.28. The molecule has 0 aromatic carbocycles. The molecule has 1 amide bonds. The molecule has 0 saturated heterocycles. The summed E-state index contributed by atoms with van der Waals surface area (Å²) >= 11 is 1.57. The quantitative estimate of drug-likeness (QED) is 0.766. The lowest BCUT2D eigenvalue weighted by Gasteiger charge is -2.08. The minimum absolute atomic E-state index is 0.167. The van der Waals surface area contributed by atoms with Crippen LogP contribution in [0, 0.1) is 6.92 Å². The number of carbonyl (C=O) groups excluding carboxylic acids is 1. The average Bonchev–Trinajstić information content (AvgIpc) is 3.00. The van der Waals surface area contributed by atoms with Crippen LogP contribution in [0.25, 0.3) is 11.0 Å². The van der Waals surface area contributed by atoms with Crippen molar-refractivity contribution in [2.75, 3.05) is 0 Å². The van der Waals surface area contributed by atoms with Crippen molar-refractivity contribution in [1.82, 2.24) is 19.4 Å². The van der Waals surface area contributed by atoms with Gasteiger partial charge in [-0.2, -0.15) is 0 Å². The molecule has 0 radical (unpaired) electrons. The van der Waals surface area contributed by atoms with Crippen molar-refractivity contribution in [3.63, 3.8) is 0 Å². The topological polar surface area (TPSA) is 86.0 Å². The minimum Gasteiger partial charge on any atom is -0.346 e. The molecule has 124 valence electrons. The van der Waals surface area contributed by atoms with E-state index in [4.69, 9.17) is 0 Å². The van der Waals surface area contributed by atoms with Crippen molar-refractivity contribution >= 4 is 28.3 Å². The number of fused-ring (bicyclic) bond motifs is 1. The zero-order chi connectivity index (χ0) is 17.4. The zero-order valence-electron chi connectivity index (χ0n) is 13.5. The fourth-order valence-electron chi connectivity index (χ4n) is 2.42. The molecule has 0 aliphatic heterocycles. The van der Waals surface area contributed by atoms with Crippen LogP contribution < -0.4 is 16.6 Å². The normalized spacial score (nSPS) is 11.0. The molecule has 7 nitrogen and oxygen atoms in total. The SMILES string of the molecule is Cc1ccsc1CNC(=O)c1ccc2c(=O)n(C)c(=O)n(C)c2n1. The number of aromatic nitrogens is 3. The van der Waals surface area contributed by atoms with Gasteiger partial charge in [0.1, 0.15) is 11.3 Å². The standard InChI is InChI=1S/C16H16N4O3S/c1-9-6-7-24-12(9)8-17-14(21)11-5-4-10-13(18-11)19(2)16(23)20(3)15(10)22/h4-7H,8H2,1-3H3,(H,17,21). The summed E-state index contributed by atoms with van der Waals surface area (Å²) in [5, 5.41) is 5.07. The van der Waals surface area contributed by atoms with Gasteiger partial charge in [-0.3, -0.25) is 18.7 Å². The molecule has 0 atom stereocenters. The second-order valence-electron chi connectivity index (χ2n) is 5.48. The predicted octanol–water partition coefficient (Wildman–Crippen LogP) is 0.932. The summed E-state index contributed by atoms with van der Waals surface area (Å²) in [4.78, 5) is 41.7. The van der Waals surface area contributed by atoms with Crippen molar-refractivity contribution in [2.45, 2.75) is 13.5 Å². The first-order valence-corrected chi connectivity index (χ1v) is 8.16. The lowest BCUT2D eigenvalue weighted by atomic mass is 10.2. The van der Waals surface area contributed by atoms with Crippen molar-refractivity contribution in [2.24, 2.45) is 14.1 Å². The number of thiophene rings is 1. The van der Waals surface area contributed by atoms with Gasteiger partial charge in [-0.05, 0) is 36.1 Å². The number of amides is 1. The van der Waals surface area contributed by atoms with Crippen LogP contribution in [-0.2, 0) is 20.6 Å². The Hall–Kier alpha value is -2.74. The van der Waals surface area contributed by atoms with Crippen LogP contribution in [-0.4, -0.2) is 20.0 Å². The molecule has 8 heteroatoms. The van der Waals surface area contributed by atoms with E-state index in [1.807, 2.05) is 18.4 Å². The van der Waals surface area contributed by atoms with E-state index in [9.17, 15) is 14.4 Å². The molecule has 0 spiro atoms. The highest BCUT2D eigenvalue weighted by atomic mass is 32.1. The molecular formula is C16H16N4O3S. The van der Waals surface area contributed by atoms with Crippen molar-refractivity contribution in [3.05, 3.63) is 60.6 Å². The van der Waals surface area contributed by atoms with Crippen LogP contribution in [0.1, 0.15) is 20.9 Å². The third kappa shape index (κ3) is 2.65. The van der Waals surface area contributed by atoms with E-state index >= 15 is 0 Å². The van der Waals surface area contributed by atoms with Crippen LogP contribution in [0.2, 0.25) is 0 Å². The third-order valence-electron chi connectivity index (χ3n) is 3.91. The highest BCUT2D eigenvalue weighted by molar-refractivity contribution is 7.10. The maximum atomic E-state index is 12.3. The fourth-order valence-corrected chi connectivity index (χ4v) is 3.26. The van der Waals surface area contributed by atoms with Gasteiger partial charge in [0.2, 0.25) is 0 Å². The Kier molecular flexibility index (Phi) is 4.06. The number of rotatable bonds is 3. The van der Waals surface area contributed by atoms with Crippen molar-refractivity contribution in [3.8, 4) is 0 Å². The van der Waals surface area contributed by atoms with Crippen LogP contribution in [0.5, 0.6) is 0 Å². The highest BCUT2D eigenvalue weighted by Gasteiger charge is 2.14. The lowest BCUT2D eigenvalue weighted by molar-refractivity contribution is 0.0946. The van der Waals surface area contributed by atoms with Gasteiger partial charge in [-0.1, -0.05) is 0 Å². The van der Waals surface area contributed by atoms with E-state index < -0.39 is 11.2 Å². The summed E-state index contributed by atoms with van der Waals surface area (Å²) in [6.45, 7) is 2.40. The molecule has 0 aliphatic carbocycles. The van der Waals surface area contributed by atoms with E-state index in [2.05, 4.69) is 10.3 Å². The Labute approximate surface area is 141 Å². The number of nitrogens with one attached hydrogen (secondary N) is 1. The minimum atomic E-state index is -0.480. The van der Waals surface area contributed by atoms with E-state index in [0.29, 0.717) is 11.9 Å². The number of nitrogens with zero attached hydrogens (tertiary/aromatic N) is 3. The summed E-state index contributed by atoms with van der Waals surface area (Å²) < 4.78 is 2.28. The Morgan fingerprint density at radius 3 is 2.62 bits per heavy atom. The van der Waals surface area contributed by atoms with Gasteiger partial charge in [0.25, 0.3) is 11.5 Å². The van der Waals surface area contributed by atoms with Crippen molar-refractivity contribution in [1.29, 1.82) is 0 Å². The lowest BCUT2D eigenvalue weighted by Crippen LogP contribution is -2.37. The van der Waals surface area contributed by atoms with Gasteiger partial charge in [0, 0.05) is 19.0 Å². The smallest absolute Gasteiger partial charge is 0.332 e. The second kappa shape index (κ2) is 6.04. The maximum Gasteiger partial charge on any atom is 0.332 e. The Morgan fingerprint density at radius 2 is 1.96 bits per heavy atom. The summed E-state index contributed by atoms with van der Waals surface area (Å²) in [5.74, 6) is -0.349. The number of hydrogen-bond acceptors (Lipinski definition) is 5. The molecule has 0 saturated carbocycles. The van der Waals surface area contributed by atoms with E-state index in [-0.39, 0.29) is 17.2 Å². The number of aryl methyl sites for hydroxylation is 2. The van der Waals surface area contributed by atoms with Crippen LogP contribution in [0.3, 0.4) is 0 Å². The maximum absolute atomic E-state index is 12.3. The zero-order valence-corrected chi connectivity index (χ0v) is 14.3. The molecule has 24 heavy (non-hydrogen) atoms. The monoisotopic (exact) mass is 344 g/mol. The molecular weight excluding hydrogens is 328 g/mol. The third-order valence-corrected chi connectivity index (χ3v) is 4.94. The van der Waals surface area contributed by atoms with Crippen LogP contribution >= 0.6 is 11.3 Å². The number of carbonyl (C=O) groups is 1. The van der Waals surface area contributed by atoms with Gasteiger partial charge in [0.05, 0.1) is 11.9 Å². The molecule has 0 fully saturated rings. The van der Waals surface area contributed by atoms with E-state index in [1.54, 1.807) is 11.3 Å². The van der Waals surface area contributed by atoms with Gasteiger partial charge < -0.3 is 5.32 Å². The summed E-state index contributed by atoms with van der Waals surface area (Å²) in [7, 11) is 2.93. The van der Waals surface area contributed by atoms with Gasteiger partial charge in [0.15, 0.2) is 0 Å². The molecule has 1 N–H and O–H groups in total. The number of pyridine rings is 1. The predicted molar refractivity (Wildman–Crippen MR) is 92.5 cm³/mol. The van der Waals surface area contributed by atoms with Gasteiger partial charge in [-0.15, -0.1) is 11.3 Å². The molecule has 0 unspecified atom stereocenters. The molecule has 3 aromatic rings. The summed E-state index contributed by atoms with van der Waals surface area (Å²) in [6.07, 6.45) is 0. The molecule has 3 heterocycles. The van der Waals surface area contributed by atoms with Crippen molar-refractivity contribution < 1.29 is 4.79 Å². The fraction of sp³-hybridized carbons (Fsp3) is 0.250.